The Bertz CT molecular complexity index is 219. The van der Waals surface area contributed by atoms with Gasteiger partial charge in [-0.1, -0.05) is 0 Å². The third-order valence-corrected chi connectivity index (χ3v) is 0.792. The summed E-state index contributed by atoms with van der Waals surface area (Å²) in [7, 11) is 0. The molecular formula is C9H18O8. The van der Waals surface area contributed by atoms with Crippen LogP contribution < -0.4 is 0 Å². The van der Waals surface area contributed by atoms with Gasteiger partial charge in [0.25, 0.3) is 5.97 Å². The van der Waals surface area contributed by atoms with Crippen LogP contribution >= 0.6 is 0 Å². The molecule has 0 amide bonds. The molecule has 0 spiro atoms. The molecule has 0 aromatic carbocycles. The smallest absolute Gasteiger partial charge is 0.332 e. The standard InChI is InChI=1S/C4H8O3.C3H6O3.C2H4O2/c1-2-7-4(6)3-5;1-2(4)3(5)6;1-2(3)4/h5H,2-3H2,1H3;2,4H,1H3,(H,5,6);1H3,(H,3,4). The predicted molar refractivity (Wildman–Crippen MR) is 56.3 cm³/mol. The SMILES string of the molecule is CC(=O)O.CC(O)C(=O)O.CCOC(=O)CO. The molecule has 102 valence electrons. The molecule has 1 unspecified atom stereocenters. The van der Waals surface area contributed by atoms with Crippen molar-refractivity contribution in [3.63, 3.8) is 0 Å². The summed E-state index contributed by atoms with van der Waals surface area (Å²) in [5.74, 6) is -2.59. The number of carbonyl (C=O) groups excluding carboxylic acids is 1. The van der Waals surface area contributed by atoms with Gasteiger partial charge in [-0.2, -0.15) is 0 Å². The highest BCUT2D eigenvalue weighted by atomic mass is 16.5. The van der Waals surface area contributed by atoms with Crippen LogP contribution in [0.3, 0.4) is 0 Å². The first-order valence-corrected chi connectivity index (χ1v) is 4.55. The molecule has 17 heavy (non-hydrogen) atoms. The first-order chi connectivity index (χ1) is 7.68. The van der Waals surface area contributed by atoms with Crippen LogP contribution in [0.4, 0.5) is 0 Å². The molecule has 0 aliphatic rings. The van der Waals surface area contributed by atoms with Crippen LogP contribution in [0, 0.1) is 0 Å². The molecule has 8 nitrogen and oxygen atoms in total. The van der Waals surface area contributed by atoms with Crippen molar-refractivity contribution in [1.29, 1.82) is 0 Å². The lowest BCUT2D eigenvalue weighted by Gasteiger charge is -1.93. The van der Waals surface area contributed by atoms with Gasteiger partial charge in [0.2, 0.25) is 0 Å². The van der Waals surface area contributed by atoms with Crippen LogP contribution in [0.25, 0.3) is 0 Å². The van der Waals surface area contributed by atoms with Crippen LogP contribution in [0.15, 0.2) is 0 Å². The van der Waals surface area contributed by atoms with Gasteiger partial charge in [-0.25, -0.2) is 9.59 Å². The summed E-state index contributed by atoms with van der Waals surface area (Å²) in [6, 6.07) is 0. The molecule has 1 atom stereocenters. The second-order valence-electron chi connectivity index (χ2n) is 2.50. The Labute approximate surface area is 98.4 Å². The predicted octanol–water partition coefficient (Wildman–Crippen LogP) is -0.915. The zero-order valence-electron chi connectivity index (χ0n) is 9.91. The minimum Gasteiger partial charge on any atom is -0.481 e. The van der Waals surface area contributed by atoms with Gasteiger partial charge < -0.3 is 25.2 Å². The lowest BCUT2D eigenvalue weighted by molar-refractivity contribution is -0.146. The van der Waals surface area contributed by atoms with Gasteiger partial charge in [-0.15, -0.1) is 0 Å². The molecule has 0 aromatic heterocycles. The molecule has 0 bridgehead atoms. The minimum absolute atomic E-state index is 0.333. The highest BCUT2D eigenvalue weighted by Crippen LogP contribution is 1.73. The molecule has 0 rings (SSSR count). The van der Waals surface area contributed by atoms with Crippen molar-refractivity contribution in [3.8, 4) is 0 Å². The minimum atomic E-state index is -1.23. The van der Waals surface area contributed by atoms with Crippen molar-refractivity contribution in [2.24, 2.45) is 0 Å². The topological polar surface area (TPSA) is 141 Å². The Morgan fingerprint density at radius 2 is 1.53 bits per heavy atom. The van der Waals surface area contributed by atoms with Gasteiger partial charge >= 0.3 is 11.9 Å². The maximum absolute atomic E-state index is 9.94. The van der Waals surface area contributed by atoms with Crippen molar-refractivity contribution in [2.75, 3.05) is 13.2 Å². The highest BCUT2D eigenvalue weighted by Gasteiger charge is 2.01. The summed E-state index contributed by atoms with van der Waals surface area (Å²) < 4.78 is 4.30. The number of esters is 1. The van der Waals surface area contributed by atoms with E-state index in [0.29, 0.717) is 6.61 Å². The second-order valence-corrected chi connectivity index (χ2v) is 2.50. The van der Waals surface area contributed by atoms with E-state index in [0.717, 1.165) is 6.92 Å². The van der Waals surface area contributed by atoms with Gasteiger partial charge in [0.15, 0.2) is 0 Å². The number of carboxylic acid groups (broad SMARTS) is 2. The Morgan fingerprint density at radius 1 is 1.24 bits per heavy atom. The molecule has 0 aliphatic heterocycles. The number of aliphatic hydroxyl groups is 2. The fraction of sp³-hybridized carbons (Fsp3) is 0.667. The molecule has 8 heteroatoms. The molecular weight excluding hydrogens is 236 g/mol. The van der Waals surface area contributed by atoms with Crippen molar-refractivity contribution >= 4 is 17.9 Å². The quantitative estimate of drug-likeness (QED) is 0.474. The number of rotatable bonds is 3. The number of carboxylic acids is 2. The van der Waals surface area contributed by atoms with Crippen LogP contribution in [0.1, 0.15) is 20.8 Å². The van der Waals surface area contributed by atoms with Gasteiger partial charge in [0, 0.05) is 6.92 Å². The number of hydrogen-bond acceptors (Lipinski definition) is 6. The number of aliphatic carboxylic acids is 2. The third-order valence-electron chi connectivity index (χ3n) is 0.792. The zero-order chi connectivity index (χ0) is 14.4. The lowest BCUT2D eigenvalue weighted by atomic mass is 10.4. The molecule has 4 N–H and O–H groups in total. The molecule has 0 fully saturated rings. The fourth-order valence-electron chi connectivity index (χ4n) is 0.207. The monoisotopic (exact) mass is 254 g/mol. The van der Waals surface area contributed by atoms with E-state index < -0.39 is 30.6 Å². The van der Waals surface area contributed by atoms with E-state index in [1.807, 2.05) is 0 Å². The van der Waals surface area contributed by atoms with E-state index >= 15 is 0 Å². The average Bonchev–Trinajstić information content (AvgIpc) is 2.18. The summed E-state index contributed by atoms with van der Waals surface area (Å²) in [4.78, 5) is 28.4. The van der Waals surface area contributed by atoms with Crippen molar-refractivity contribution in [1.82, 2.24) is 0 Å². The van der Waals surface area contributed by atoms with Crippen LogP contribution in [-0.2, 0) is 19.1 Å². The summed E-state index contributed by atoms with van der Waals surface area (Å²) in [6.07, 6.45) is -1.23. The number of ether oxygens (including phenoxy) is 1. The van der Waals surface area contributed by atoms with E-state index in [2.05, 4.69) is 4.74 Å². The summed E-state index contributed by atoms with van der Waals surface area (Å²) in [5.41, 5.74) is 0. The van der Waals surface area contributed by atoms with E-state index in [1.165, 1.54) is 6.92 Å². The first kappa shape index (κ1) is 20.7. The van der Waals surface area contributed by atoms with Gasteiger partial charge in [0.05, 0.1) is 6.61 Å². The largest absolute Gasteiger partial charge is 0.481 e. The Morgan fingerprint density at radius 3 is 1.59 bits per heavy atom. The van der Waals surface area contributed by atoms with E-state index in [9.17, 15) is 9.59 Å². The lowest BCUT2D eigenvalue weighted by Crippen LogP contribution is -2.13. The van der Waals surface area contributed by atoms with Crippen LogP contribution in [0.2, 0.25) is 0 Å². The molecule has 0 saturated carbocycles. The molecule has 0 radical (unpaired) electrons. The average molecular weight is 254 g/mol. The second kappa shape index (κ2) is 14.3. The van der Waals surface area contributed by atoms with E-state index in [1.54, 1.807) is 6.92 Å². The molecule has 0 heterocycles. The number of carbonyl (C=O) groups is 3. The Balaban J connectivity index is -0.000000180. The normalized spacial score (nSPS) is 9.71. The zero-order valence-corrected chi connectivity index (χ0v) is 9.91. The van der Waals surface area contributed by atoms with E-state index in [-0.39, 0.29) is 0 Å². The summed E-state index contributed by atoms with van der Waals surface area (Å²) in [5, 5.41) is 31.2. The van der Waals surface area contributed by atoms with Crippen LogP contribution in [0.5, 0.6) is 0 Å². The number of hydrogen-bond donors (Lipinski definition) is 4. The molecule has 0 saturated heterocycles. The van der Waals surface area contributed by atoms with Gasteiger partial charge in [-0.05, 0) is 13.8 Å². The summed E-state index contributed by atoms with van der Waals surface area (Å²) >= 11 is 0. The molecule has 0 aromatic rings. The van der Waals surface area contributed by atoms with Crippen molar-refractivity contribution < 1.29 is 39.5 Å². The highest BCUT2D eigenvalue weighted by molar-refractivity contribution is 5.71. The van der Waals surface area contributed by atoms with E-state index in [4.69, 9.17) is 25.2 Å². The maximum Gasteiger partial charge on any atom is 0.332 e. The maximum atomic E-state index is 9.94. The van der Waals surface area contributed by atoms with Crippen molar-refractivity contribution in [2.45, 2.75) is 26.9 Å². The van der Waals surface area contributed by atoms with Gasteiger partial charge in [0.1, 0.15) is 12.7 Å². The third kappa shape index (κ3) is 40.5. The molecule has 0 aliphatic carbocycles. The first-order valence-electron chi connectivity index (χ1n) is 4.55. The van der Waals surface area contributed by atoms with Gasteiger partial charge in [-0.3, -0.25) is 4.79 Å². The summed E-state index contributed by atoms with van der Waals surface area (Å²) in [6.45, 7) is 3.78. The number of aliphatic hydroxyl groups excluding tert-OH is 2. The Kier molecular flexibility index (Phi) is 17.5. The fourth-order valence-corrected chi connectivity index (χ4v) is 0.207. The Hall–Kier alpha value is -1.67. The van der Waals surface area contributed by atoms with Crippen molar-refractivity contribution in [3.05, 3.63) is 0 Å². The van der Waals surface area contributed by atoms with Crippen LogP contribution in [-0.4, -0.2) is 57.7 Å².